The second kappa shape index (κ2) is 5.95. The van der Waals surface area contributed by atoms with Gasteiger partial charge in [0.05, 0.1) is 11.9 Å². The van der Waals surface area contributed by atoms with E-state index in [1.807, 2.05) is 17.9 Å². The Labute approximate surface area is 117 Å². The monoisotopic (exact) mass is 264 g/mol. The van der Waals surface area contributed by atoms with E-state index < -0.39 is 0 Å². The summed E-state index contributed by atoms with van der Waals surface area (Å²) in [6.45, 7) is 10.3. The van der Waals surface area contributed by atoms with Crippen LogP contribution in [-0.2, 0) is 7.05 Å². The van der Waals surface area contributed by atoms with Gasteiger partial charge in [0.2, 0.25) is 0 Å². The van der Waals surface area contributed by atoms with Crippen LogP contribution in [0.4, 0.5) is 5.69 Å². The van der Waals surface area contributed by atoms with Gasteiger partial charge in [0.1, 0.15) is 0 Å². The molecule has 0 spiro atoms. The van der Waals surface area contributed by atoms with E-state index >= 15 is 0 Å². The van der Waals surface area contributed by atoms with Gasteiger partial charge in [-0.25, -0.2) is 0 Å². The number of piperidine rings is 1. The molecular weight excluding hydrogens is 236 g/mol. The van der Waals surface area contributed by atoms with Crippen LogP contribution in [0.25, 0.3) is 0 Å². The fourth-order valence-corrected chi connectivity index (χ4v) is 2.60. The number of nitrogens with one attached hydrogen (secondary N) is 1. The van der Waals surface area contributed by atoms with Crippen LogP contribution in [0, 0.1) is 5.41 Å². The molecule has 1 aromatic rings. The second-order valence-corrected chi connectivity index (χ2v) is 6.92. The average molecular weight is 264 g/mol. The maximum absolute atomic E-state index is 4.27. The van der Waals surface area contributed by atoms with Gasteiger partial charge in [-0.05, 0) is 31.2 Å². The number of rotatable bonds is 4. The number of aryl methyl sites for hydroxylation is 1. The first-order chi connectivity index (χ1) is 8.94. The molecule has 1 N–H and O–H groups in total. The SMILES string of the molecule is Cn1cc(N2CCC[C@H](NCCC(C)(C)C)C2)cn1. The maximum Gasteiger partial charge on any atom is 0.0752 e. The molecule has 0 unspecified atom stereocenters. The Morgan fingerprint density at radius 3 is 2.84 bits per heavy atom. The van der Waals surface area contributed by atoms with Crippen LogP contribution in [0.2, 0.25) is 0 Å². The molecule has 4 nitrogen and oxygen atoms in total. The minimum atomic E-state index is 0.421. The Bertz CT molecular complexity index is 391. The van der Waals surface area contributed by atoms with E-state index in [0.717, 1.165) is 19.6 Å². The van der Waals surface area contributed by atoms with Gasteiger partial charge in [-0.3, -0.25) is 4.68 Å². The summed E-state index contributed by atoms with van der Waals surface area (Å²) in [7, 11) is 1.98. The summed E-state index contributed by atoms with van der Waals surface area (Å²) in [6.07, 6.45) is 7.87. The molecule has 1 aliphatic rings. The van der Waals surface area contributed by atoms with Gasteiger partial charge in [-0.2, -0.15) is 5.10 Å². The summed E-state index contributed by atoms with van der Waals surface area (Å²) >= 11 is 0. The first-order valence-corrected chi connectivity index (χ1v) is 7.41. The van der Waals surface area contributed by atoms with Gasteiger partial charge >= 0.3 is 0 Å². The van der Waals surface area contributed by atoms with E-state index in [0.29, 0.717) is 11.5 Å². The van der Waals surface area contributed by atoms with Crippen molar-refractivity contribution in [2.45, 2.75) is 46.1 Å². The maximum atomic E-state index is 4.27. The van der Waals surface area contributed by atoms with E-state index in [9.17, 15) is 0 Å². The van der Waals surface area contributed by atoms with Crippen molar-refractivity contribution in [3.63, 3.8) is 0 Å². The fourth-order valence-electron chi connectivity index (χ4n) is 2.60. The summed E-state index contributed by atoms with van der Waals surface area (Å²) in [6, 6.07) is 0.622. The lowest BCUT2D eigenvalue weighted by Crippen LogP contribution is -2.46. The molecule has 1 aromatic heterocycles. The molecule has 4 heteroatoms. The lowest BCUT2D eigenvalue weighted by atomic mass is 9.92. The Hall–Kier alpha value is -1.03. The highest BCUT2D eigenvalue weighted by Crippen LogP contribution is 2.20. The number of nitrogens with zero attached hydrogens (tertiary/aromatic N) is 3. The van der Waals surface area contributed by atoms with Crippen LogP contribution < -0.4 is 10.2 Å². The third kappa shape index (κ3) is 4.53. The smallest absolute Gasteiger partial charge is 0.0752 e. The molecular formula is C15H28N4. The lowest BCUT2D eigenvalue weighted by Gasteiger charge is -2.34. The van der Waals surface area contributed by atoms with Crippen molar-refractivity contribution in [2.24, 2.45) is 12.5 Å². The molecule has 0 aliphatic carbocycles. The highest BCUT2D eigenvalue weighted by atomic mass is 15.3. The zero-order valence-corrected chi connectivity index (χ0v) is 12.8. The van der Waals surface area contributed by atoms with E-state index in [4.69, 9.17) is 0 Å². The zero-order valence-electron chi connectivity index (χ0n) is 12.8. The molecule has 0 saturated carbocycles. The molecule has 108 valence electrons. The van der Waals surface area contributed by atoms with Crippen molar-refractivity contribution in [2.75, 3.05) is 24.5 Å². The standard InChI is InChI=1S/C15H28N4/c1-15(2,3)7-8-16-13-6-5-9-19(11-13)14-10-17-18(4)12-14/h10,12-13,16H,5-9,11H2,1-4H3/t13-/m0/s1. The van der Waals surface area contributed by atoms with Crippen molar-refractivity contribution in [1.29, 1.82) is 0 Å². The van der Waals surface area contributed by atoms with Crippen LogP contribution in [-0.4, -0.2) is 35.5 Å². The minimum absolute atomic E-state index is 0.421. The Kier molecular flexibility index (Phi) is 4.50. The Morgan fingerprint density at radius 2 is 2.21 bits per heavy atom. The predicted molar refractivity (Wildman–Crippen MR) is 80.5 cm³/mol. The summed E-state index contributed by atoms with van der Waals surface area (Å²) in [4.78, 5) is 2.45. The molecule has 1 saturated heterocycles. The first-order valence-electron chi connectivity index (χ1n) is 7.41. The van der Waals surface area contributed by atoms with Crippen LogP contribution >= 0.6 is 0 Å². The zero-order chi connectivity index (χ0) is 13.9. The van der Waals surface area contributed by atoms with Crippen molar-refractivity contribution in [3.05, 3.63) is 12.4 Å². The average Bonchev–Trinajstić information content (AvgIpc) is 2.75. The summed E-state index contributed by atoms with van der Waals surface area (Å²) in [5, 5.41) is 7.98. The minimum Gasteiger partial charge on any atom is -0.367 e. The molecule has 1 aliphatic heterocycles. The molecule has 2 rings (SSSR count). The Morgan fingerprint density at radius 1 is 1.42 bits per heavy atom. The van der Waals surface area contributed by atoms with Gasteiger partial charge in [0.25, 0.3) is 0 Å². The molecule has 0 amide bonds. The largest absolute Gasteiger partial charge is 0.367 e. The second-order valence-electron chi connectivity index (χ2n) is 6.92. The molecule has 1 fully saturated rings. The van der Waals surface area contributed by atoms with E-state index in [1.54, 1.807) is 0 Å². The lowest BCUT2D eigenvalue weighted by molar-refractivity contribution is 0.340. The van der Waals surface area contributed by atoms with Gasteiger partial charge in [0, 0.05) is 32.4 Å². The van der Waals surface area contributed by atoms with Gasteiger partial charge in [-0.15, -0.1) is 0 Å². The number of anilines is 1. The topological polar surface area (TPSA) is 33.1 Å². The van der Waals surface area contributed by atoms with Gasteiger partial charge in [0.15, 0.2) is 0 Å². The van der Waals surface area contributed by atoms with Crippen molar-refractivity contribution in [3.8, 4) is 0 Å². The highest BCUT2D eigenvalue weighted by Gasteiger charge is 2.21. The normalized spacial score (nSPS) is 20.8. The number of hydrogen-bond donors (Lipinski definition) is 1. The number of aromatic nitrogens is 2. The summed E-state index contributed by atoms with van der Waals surface area (Å²) in [5.74, 6) is 0. The molecule has 0 radical (unpaired) electrons. The van der Waals surface area contributed by atoms with Gasteiger partial charge < -0.3 is 10.2 Å². The van der Waals surface area contributed by atoms with E-state index in [1.165, 1.54) is 24.9 Å². The fraction of sp³-hybridized carbons (Fsp3) is 0.800. The molecule has 1 atom stereocenters. The summed E-state index contributed by atoms with van der Waals surface area (Å²) in [5.41, 5.74) is 1.68. The van der Waals surface area contributed by atoms with Crippen molar-refractivity contribution in [1.82, 2.24) is 15.1 Å². The quantitative estimate of drug-likeness (QED) is 0.906. The molecule has 0 bridgehead atoms. The van der Waals surface area contributed by atoms with E-state index in [2.05, 4.69) is 42.3 Å². The first kappa shape index (κ1) is 14.4. The van der Waals surface area contributed by atoms with Crippen LogP contribution in [0.1, 0.15) is 40.0 Å². The highest BCUT2D eigenvalue weighted by molar-refractivity contribution is 5.42. The van der Waals surface area contributed by atoms with Crippen LogP contribution in [0.15, 0.2) is 12.4 Å². The Balaban J connectivity index is 1.80. The molecule has 19 heavy (non-hydrogen) atoms. The van der Waals surface area contributed by atoms with E-state index in [-0.39, 0.29) is 0 Å². The van der Waals surface area contributed by atoms with Crippen molar-refractivity contribution < 1.29 is 0 Å². The molecule has 2 heterocycles. The number of hydrogen-bond acceptors (Lipinski definition) is 3. The van der Waals surface area contributed by atoms with Gasteiger partial charge in [-0.1, -0.05) is 20.8 Å². The van der Waals surface area contributed by atoms with Crippen LogP contribution in [0.5, 0.6) is 0 Å². The molecule has 0 aromatic carbocycles. The third-order valence-electron chi connectivity index (χ3n) is 3.79. The van der Waals surface area contributed by atoms with Crippen LogP contribution in [0.3, 0.4) is 0 Å². The summed E-state index contributed by atoms with van der Waals surface area (Å²) < 4.78 is 1.88. The van der Waals surface area contributed by atoms with Crippen molar-refractivity contribution >= 4 is 5.69 Å². The predicted octanol–water partition coefficient (Wildman–Crippen LogP) is 2.41. The third-order valence-corrected chi connectivity index (χ3v) is 3.79.